The van der Waals surface area contributed by atoms with E-state index < -0.39 is 0 Å². The van der Waals surface area contributed by atoms with Gasteiger partial charge in [-0.1, -0.05) is 103 Å². The van der Waals surface area contributed by atoms with Crippen LogP contribution in [0.5, 0.6) is 0 Å². The van der Waals surface area contributed by atoms with Crippen molar-refractivity contribution >= 4 is 60.2 Å². The normalized spacial score (nSPS) is 11.5. The summed E-state index contributed by atoms with van der Waals surface area (Å²) < 4.78 is 0. The zero-order valence-corrected chi connectivity index (χ0v) is 20.1. The summed E-state index contributed by atoms with van der Waals surface area (Å²) in [6.45, 7) is 2.16. The van der Waals surface area contributed by atoms with Crippen molar-refractivity contribution in [2.45, 2.75) is 6.92 Å². The molecule has 1 nitrogen and oxygen atoms in total. The van der Waals surface area contributed by atoms with E-state index in [0.29, 0.717) is 0 Å². The SMILES string of the molecule is Cc1cccc(N(c2ccc3ccc4ccccc4c3c2)c2cccc3c2ccc2ccccc23)c1. The molecule has 0 heterocycles. The van der Waals surface area contributed by atoms with Gasteiger partial charge < -0.3 is 4.90 Å². The highest BCUT2D eigenvalue weighted by molar-refractivity contribution is 6.13. The van der Waals surface area contributed by atoms with Gasteiger partial charge in [0.15, 0.2) is 0 Å². The number of fused-ring (bicyclic) bond motifs is 6. The van der Waals surface area contributed by atoms with Crippen LogP contribution >= 0.6 is 0 Å². The summed E-state index contributed by atoms with van der Waals surface area (Å²) >= 11 is 0. The molecule has 170 valence electrons. The fraction of sp³-hybridized carbons (Fsp3) is 0.0286. The average Bonchev–Trinajstić information content (AvgIpc) is 2.93. The van der Waals surface area contributed by atoms with Crippen LogP contribution in [0.3, 0.4) is 0 Å². The van der Waals surface area contributed by atoms with Gasteiger partial charge in [-0.2, -0.15) is 0 Å². The Morgan fingerprint density at radius 2 is 0.972 bits per heavy atom. The van der Waals surface area contributed by atoms with Gasteiger partial charge in [-0.15, -0.1) is 0 Å². The minimum absolute atomic E-state index is 1.16. The summed E-state index contributed by atoms with van der Waals surface area (Å²) in [5, 5.41) is 10.1. The number of rotatable bonds is 3. The van der Waals surface area contributed by atoms with Crippen molar-refractivity contribution in [2.75, 3.05) is 4.90 Å². The maximum absolute atomic E-state index is 2.41. The van der Waals surface area contributed by atoms with Crippen molar-refractivity contribution in [1.82, 2.24) is 0 Å². The van der Waals surface area contributed by atoms with Gasteiger partial charge in [-0.25, -0.2) is 0 Å². The lowest BCUT2D eigenvalue weighted by Gasteiger charge is -2.28. The Morgan fingerprint density at radius 3 is 1.75 bits per heavy atom. The first-order valence-corrected chi connectivity index (χ1v) is 12.5. The van der Waals surface area contributed by atoms with Crippen LogP contribution in [-0.2, 0) is 0 Å². The van der Waals surface area contributed by atoms with Gasteiger partial charge in [0, 0.05) is 16.8 Å². The first-order chi connectivity index (χ1) is 17.8. The quantitative estimate of drug-likeness (QED) is 0.238. The molecule has 0 saturated carbocycles. The molecule has 0 bridgehead atoms. The Bertz CT molecular complexity index is 1910. The van der Waals surface area contributed by atoms with E-state index in [0.717, 1.165) is 11.4 Å². The standard InChI is InChI=1S/C35H25N/c1-24-8-6-11-28(22-24)36(29-20-18-27-17-16-25-9-3-5-13-31(25)34(27)23-29)35-15-7-14-32-30-12-4-2-10-26(30)19-21-33(32)35/h2-23H,1H3. The highest BCUT2D eigenvalue weighted by Gasteiger charge is 2.17. The molecular weight excluding hydrogens is 434 g/mol. The Labute approximate surface area is 210 Å². The highest BCUT2D eigenvalue weighted by Crippen LogP contribution is 2.42. The van der Waals surface area contributed by atoms with Crippen molar-refractivity contribution < 1.29 is 0 Å². The molecule has 7 aromatic rings. The predicted molar refractivity (Wildman–Crippen MR) is 156 cm³/mol. The third-order valence-corrected chi connectivity index (χ3v) is 7.25. The second kappa shape index (κ2) is 8.25. The molecule has 0 aromatic heterocycles. The van der Waals surface area contributed by atoms with Crippen molar-refractivity contribution in [1.29, 1.82) is 0 Å². The summed E-state index contributed by atoms with van der Waals surface area (Å²) in [4.78, 5) is 2.41. The summed E-state index contributed by atoms with van der Waals surface area (Å²) in [7, 11) is 0. The van der Waals surface area contributed by atoms with Gasteiger partial charge in [0.25, 0.3) is 0 Å². The molecule has 0 aliphatic carbocycles. The molecule has 36 heavy (non-hydrogen) atoms. The minimum Gasteiger partial charge on any atom is -0.310 e. The summed E-state index contributed by atoms with van der Waals surface area (Å²) in [5.74, 6) is 0. The van der Waals surface area contributed by atoms with Gasteiger partial charge in [-0.05, 0) is 80.5 Å². The second-order valence-corrected chi connectivity index (χ2v) is 9.53. The molecule has 0 spiro atoms. The van der Waals surface area contributed by atoms with Gasteiger partial charge in [0.1, 0.15) is 0 Å². The van der Waals surface area contributed by atoms with Gasteiger partial charge in [-0.3, -0.25) is 0 Å². The smallest absolute Gasteiger partial charge is 0.0540 e. The van der Waals surface area contributed by atoms with E-state index >= 15 is 0 Å². The van der Waals surface area contributed by atoms with E-state index in [-0.39, 0.29) is 0 Å². The number of anilines is 3. The number of benzene rings is 7. The van der Waals surface area contributed by atoms with Crippen LogP contribution in [0.4, 0.5) is 17.1 Å². The van der Waals surface area contributed by atoms with Crippen molar-refractivity contribution in [3.05, 3.63) is 139 Å². The minimum atomic E-state index is 1.16. The maximum atomic E-state index is 2.41. The van der Waals surface area contributed by atoms with E-state index in [4.69, 9.17) is 0 Å². The van der Waals surface area contributed by atoms with E-state index in [9.17, 15) is 0 Å². The molecule has 7 rings (SSSR count). The van der Waals surface area contributed by atoms with E-state index in [2.05, 4.69) is 145 Å². The van der Waals surface area contributed by atoms with Crippen LogP contribution in [0.2, 0.25) is 0 Å². The predicted octanol–water partition coefficient (Wildman–Crippen LogP) is 10.1. The molecule has 0 N–H and O–H groups in total. The number of hydrogen-bond acceptors (Lipinski definition) is 1. The lowest BCUT2D eigenvalue weighted by Crippen LogP contribution is -2.10. The third kappa shape index (κ3) is 3.32. The zero-order valence-electron chi connectivity index (χ0n) is 20.1. The monoisotopic (exact) mass is 459 g/mol. The second-order valence-electron chi connectivity index (χ2n) is 9.53. The first-order valence-electron chi connectivity index (χ1n) is 12.5. The molecule has 1 heteroatoms. The van der Waals surface area contributed by atoms with Gasteiger partial charge in [0.2, 0.25) is 0 Å². The van der Waals surface area contributed by atoms with Crippen LogP contribution in [0, 0.1) is 6.92 Å². The van der Waals surface area contributed by atoms with Crippen LogP contribution in [0.15, 0.2) is 133 Å². The molecule has 0 radical (unpaired) electrons. The summed E-state index contributed by atoms with van der Waals surface area (Å²) in [5.41, 5.74) is 4.75. The zero-order chi connectivity index (χ0) is 24.1. The van der Waals surface area contributed by atoms with Crippen molar-refractivity contribution in [3.8, 4) is 0 Å². The van der Waals surface area contributed by atoms with E-state index in [1.165, 1.54) is 54.3 Å². The number of hydrogen-bond donors (Lipinski definition) is 0. The Hall–Kier alpha value is -4.62. The van der Waals surface area contributed by atoms with Crippen LogP contribution in [0.25, 0.3) is 43.1 Å². The molecule has 0 saturated heterocycles. The van der Waals surface area contributed by atoms with Crippen molar-refractivity contribution in [2.24, 2.45) is 0 Å². The maximum Gasteiger partial charge on any atom is 0.0540 e. The Kier molecular flexibility index (Phi) is 4.75. The van der Waals surface area contributed by atoms with Crippen LogP contribution in [0.1, 0.15) is 5.56 Å². The van der Waals surface area contributed by atoms with E-state index in [1.807, 2.05) is 0 Å². The first kappa shape index (κ1) is 20.7. The molecule has 7 aromatic carbocycles. The summed E-state index contributed by atoms with van der Waals surface area (Å²) in [6.07, 6.45) is 0. The molecule has 0 fully saturated rings. The lowest BCUT2D eigenvalue weighted by atomic mass is 9.98. The van der Waals surface area contributed by atoms with Crippen LogP contribution in [-0.4, -0.2) is 0 Å². The topological polar surface area (TPSA) is 3.24 Å². The molecule has 0 atom stereocenters. The van der Waals surface area contributed by atoms with Crippen LogP contribution < -0.4 is 4.90 Å². The Balaban J connectivity index is 1.54. The Morgan fingerprint density at radius 1 is 0.389 bits per heavy atom. The van der Waals surface area contributed by atoms with Gasteiger partial charge >= 0.3 is 0 Å². The number of aryl methyl sites for hydroxylation is 1. The molecule has 0 aliphatic heterocycles. The fourth-order valence-corrected chi connectivity index (χ4v) is 5.54. The molecule has 0 amide bonds. The van der Waals surface area contributed by atoms with Gasteiger partial charge in [0.05, 0.1) is 5.69 Å². The van der Waals surface area contributed by atoms with Crippen molar-refractivity contribution in [3.63, 3.8) is 0 Å². The third-order valence-electron chi connectivity index (χ3n) is 7.25. The summed E-state index contributed by atoms with van der Waals surface area (Å²) in [6, 6.07) is 48.5. The lowest BCUT2D eigenvalue weighted by molar-refractivity contribution is 1.29. The highest BCUT2D eigenvalue weighted by atomic mass is 15.1. The largest absolute Gasteiger partial charge is 0.310 e. The molecular formula is C35H25N. The molecule has 0 aliphatic rings. The average molecular weight is 460 g/mol. The number of nitrogens with zero attached hydrogens (tertiary/aromatic N) is 1. The fourth-order valence-electron chi connectivity index (χ4n) is 5.54. The molecule has 0 unspecified atom stereocenters. The van der Waals surface area contributed by atoms with E-state index in [1.54, 1.807) is 0 Å².